The van der Waals surface area contributed by atoms with Crippen LogP contribution in [0.4, 0.5) is 8.78 Å². The zero-order valence-corrected chi connectivity index (χ0v) is 9.53. The highest BCUT2D eigenvalue weighted by atomic mass is 19.2. The highest BCUT2D eigenvalue weighted by molar-refractivity contribution is 5.14. The molecule has 1 fully saturated rings. The Morgan fingerprint density at radius 3 is 3.12 bits per heavy atom. The Morgan fingerprint density at radius 1 is 1.59 bits per heavy atom. The summed E-state index contributed by atoms with van der Waals surface area (Å²) in [4.78, 5) is 8.91. The summed E-state index contributed by atoms with van der Waals surface area (Å²) < 4.78 is 30.6. The molecule has 94 valence electrons. The normalized spacial score (nSPS) is 21.0. The van der Waals surface area contributed by atoms with Gasteiger partial charge < -0.3 is 4.74 Å². The summed E-state index contributed by atoms with van der Waals surface area (Å²) in [6.45, 7) is 1.97. The van der Waals surface area contributed by atoms with Crippen LogP contribution in [0, 0.1) is 11.8 Å². The summed E-state index contributed by atoms with van der Waals surface area (Å²) in [5.41, 5.74) is 0.559. The van der Waals surface area contributed by atoms with E-state index in [0.717, 1.165) is 19.0 Å². The van der Waals surface area contributed by atoms with Crippen LogP contribution < -0.4 is 0 Å². The molecule has 2 rings (SSSR count). The summed E-state index contributed by atoms with van der Waals surface area (Å²) in [7, 11) is 1.62. The van der Waals surface area contributed by atoms with Crippen molar-refractivity contribution >= 4 is 0 Å². The molecule has 0 bridgehead atoms. The molecule has 0 aromatic carbocycles. The van der Waals surface area contributed by atoms with Crippen LogP contribution in [0.5, 0.6) is 0 Å². The average Bonchev–Trinajstić information content (AvgIpc) is 2.79. The quantitative estimate of drug-likeness (QED) is 0.755. The Morgan fingerprint density at radius 2 is 2.41 bits per heavy atom. The lowest BCUT2D eigenvalue weighted by Crippen LogP contribution is -2.22. The topological polar surface area (TPSA) is 34.6 Å². The van der Waals surface area contributed by atoms with Gasteiger partial charge in [0.05, 0.1) is 6.61 Å². The number of hydroxylamine groups is 2. The molecule has 1 aliphatic rings. The Hall–Kier alpha value is -1.11. The molecule has 0 saturated carbocycles. The highest BCUT2D eigenvalue weighted by Gasteiger charge is 2.25. The van der Waals surface area contributed by atoms with Crippen molar-refractivity contribution in [3.63, 3.8) is 0 Å². The van der Waals surface area contributed by atoms with E-state index >= 15 is 0 Å². The molecule has 17 heavy (non-hydrogen) atoms. The summed E-state index contributed by atoms with van der Waals surface area (Å²) in [6, 6.07) is 1.13. The van der Waals surface area contributed by atoms with Gasteiger partial charge in [-0.15, -0.1) is 0 Å². The van der Waals surface area contributed by atoms with Crippen molar-refractivity contribution in [2.24, 2.45) is 0 Å². The van der Waals surface area contributed by atoms with Crippen molar-refractivity contribution in [1.29, 1.82) is 0 Å². The first kappa shape index (κ1) is 12.3. The number of halogens is 2. The van der Waals surface area contributed by atoms with E-state index in [0.29, 0.717) is 18.7 Å². The van der Waals surface area contributed by atoms with Crippen LogP contribution in [0.1, 0.15) is 18.1 Å². The van der Waals surface area contributed by atoms with Crippen LogP contribution in [0.25, 0.3) is 0 Å². The number of pyridine rings is 1. The van der Waals surface area contributed by atoms with Crippen LogP contribution in [0.2, 0.25) is 0 Å². The van der Waals surface area contributed by atoms with Crippen molar-refractivity contribution in [2.45, 2.75) is 12.5 Å². The van der Waals surface area contributed by atoms with E-state index in [4.69, 9.17) is 9.57 Å². The fourth-order valence-electron chi connectivity index (χ4n) is 1.74. The van der Waals surface area contributed by atoms with E-state index in [1.165, 1.54) is 6.20 Å². The van der Waals surface area contributed by atoms with E-state index in [9.17, 15) is 8.78 Å². The van der Waals surface area contributed by atoms with Crippen LogP contribution in [-0.2, 0) is 9.57 Å². The van der Waals surface area contributed by atoms with Crippen molar-refractivity contribution in [1.82, 2.24) is 10.0 Å². The molecule has 0 amide bonds. The van der Waals surface area contributed by atoms with Crippen molar-refractivity contribution in [3.8, 4) is 0 Å². The molecule has 1 saturated heterocycles. The molecule has 0 aliphatic carbocycles. The lowest BCUT2D eigenvalue weighted by molar-refractivity contribution is -0.153. The van der Waals surface area contributed by atoms with Gasteiger partial charge in [0.25, 0.3) is 0 Å². The van der Waals surface area contributed by atoms with Gasteiger partial charge in [0.15, 0.2) is 5.82 Å². The molecule has 0 radical (unpaired) electrons. The maximum absolute atomic E-state index is 13.0. The maximum Gasteiger partial charge on any atom is 0.248 e. The minimum atomic E-state index is -1.08. The number of aromatic nitrogens is 1. The van der Waals surface area contributed by atoms with Gasteiger partial charge in [0, 0.05) is 32.0 Å². The molecule has 0 unspecified atom stereocenters. The second kappa shape index (κ2) is 5.48. The molecule has 1 aromatic rings. The zero-order valence-electron chi connectivity index (χ0n) is 9.53. The Kier molecular flexibility index (Phi) is 3.98. The number of hydrogen-bond donors (Lipinski definition) is 0. The minimum absolute atomic E-state index is 0.255. The van der Waals surface area contributed by atoms with Gasteiger partial charge >= 0.3 is 0 Å². The Labute approximate surface area is 98.1 Å². The van der Waals surface area contributed by atoms with Crippen molar-refractivity contribution in [2.75, 3.05) is 26.8 Å². The zero-order chi connectivity index (χ0) is 12.3. The summed E-state index contributed by atoms with van der Waals surface area (Å²) >= 11 is 0. The van der Waals surface area contributed by atoms with Gasteiger partial charge in [-0.25, -0.2) is 9.37 Å². The predicted molar refractivity (Wildman–Crippen MR) is 56.0 cm³/mol. The summed E-state index contributed by atoms with van der Waals surface area (Å²) in [5, 5.41) is 1.76. The number of ether oxygens (including phenoxy) is 1. The van der Waals surface area contributed by atoms with Gasteiger partial charge in [-0.05, 0) is 12.5 Å². The van der Waals surface area contributed by atoms with Gasteiger partial charge in [-0.3, -0.25) is 4.84 Å². The van der Waals surface area contributed by atoms with E-state index in [-0.39, 0.29) is 6.10 Å². The molecule has 4 nitrogen and oxygen atoms in total. The number of methoxy groups -OCH3 is 1. The number of hydrogen-bond acceptors (Lipinski definition) is 4. The van der Waals surface area contributed by atoms with E-state index in [1.54, 1.807) is 12.2 Å². The smallest absolute Gasteiger partial charge is 0.248 e. The first-order valence-corrected chi connectivity index (χ1v) is 5.42. The van der Waals surface area contributed by atoms with Crippen LogP contribution in [0.3, 0.4) is 0 Å². The predicted octanol–water partition coefficient (Wildman–Crippen LogP) is 1.68. The number of nitrogens with zero attached hydrogens (tertiary/aromatic N) is 2. The minimum Gasteiger partial charge on any atom is -0.383 e. The van der Waals surface area contributed by atoms with Gasteiger partial charge in [-0.1, -0.05) is 0 Å². The molecule has 6 heteroatoms. The first-order chi connectivity index (χ1) is 8.20. The third-order valence-electron chi connectivity index (χ3n) is 2.65. The second-order valence-electron chi connectivity index (χ2n) is 3.85. The summed E-state index contributed by atoms with van der Waals surface area (Å²) in [5.74, 6) is -2.02. The Bertz CT molecular complexity index is 390. The van der Waals surface area contributed by atoms with Crippen LogP contribution in [-0.4, -0.2) is 36.9 Å². The molecule has 1 atom stereocenters. The first-order valence-electron chi connectivity index (χ1n) is 5.42. The molecule has 0 N–H and O–H groups in total. The second-order valence-corrected chi connectivity index (χ2v) is 3.85. The molecular weight excluding hydrogens is 230 g/mol. The van der Waals surface area contributed by atoms with Gasteiger partial charge in [0.2, 0.25) is 5.95 Å². The third-order valence-corrected chi connectivity index (χ3v) is 2.65. The molecular formula is C11H14F2N2O2. The summed E-state index contributed by atoms with van der Waals surface area (Å²) in [6.07, 6.45) is 1.79. The molecule has 2 heterocycles. The van der Waals surface area contributed by atoms with Gasteiger partial charge in [-0.2, -0.15) is 9.45 Å². The SMILES string of the molecule is COCCN1CC[C@@H](c2cnc(F)c(F)c2)O1. The monoisotopic (exact) mass is 244 g/mol. The van der Waals surface area contributed by atoms with Crippen molar-refractivity contribution in [3.05, 3.63) is 29.6 Å². The largest absolute Gasteiger partial charge is 0.383 e. The Balaban J connectivity index is 1.97. The van der Waals surface area contributed by atoms with E-state index in [1.807, 2.05) is 0 Å². The average molecular weight is 244 g/mol. The maximum atomic E-state index is 13.0. The molecule has 1 aliphatic heterocycles. The lowest BCUT2D eigenvalue weighted by atomic mass is 10.1. The van der Waals surface area contributed by atoms with Crippen LogP contribution in [0.15, 0.2) is 12.3 Å². The fourth-order valence-corrected chi connectivity index (χ4v) is 1.74. The number of rotatable bonds is 4. The third kappa shape index (κ3) is 2.96. The van der Waals surface area contributed by atoms with Crippen molar-refractivity contribution < 1.29 is 18.4 Å². The van der Waals surface area contributed by atoms with E-state index < -0.39 is 11.8 Å². The lowest BCUT2D eigenvalue weighted by Gasteiger charge is -2.15. The molecule has 0 spiro atoms. The van der Waals surface area contributed by atoms with Crippen LogP contribution >= 0.6 is 0 Å². The molecule has 1 aromatic heterocycles. The highest BCUT2D eigenvalue weighted by Crippen LogP contribution is 2.28. The van der Waals surface area contributed by atoms with E-state index in [2.05, 4.69) is 4.98 Å². The van der Waals surface area contributed by atoms with Gasteiger partial charge in [0.1, 0.15) is 6.10 Å². The fraction of sp³-hybridized carbons (Fsp3) is 0.545. The standard InChI is InChI=1S/C11H14F2N2O2/c1-16-5-4-15-3-2-10(17-15)8-6-9(12)11(13)14-7-8/h6-7,10H,2-5H2,1H3/t10-/m0/s1.